The number of piperidine rings is 1. The van der Waals surface area contributed by atoms with Crippen molar-refractivity contribution in [3.05, 3.63) is 51.5 Å². The van der Waals surface area contributed by atoms with E-state index in [2.05, 4.69) is 10.4 Å². The van der Waals surface area contributed by atoms with Crippen molar-refractivity contribution in [2.75, 3.05) is 13.1 Å². The first-order valence-electron chi connectivity index (χ1n) is 8.55. The normalized spacial score (nSPS) is 17.5. The van der Waals surface area contributed by atoms with Crippen molar-refractivity contribution in [2.45, 2.75) is 38.5 Å². The molecule has 0 spiro atoms. The summed E-state index contributed by atoms with van der Waals surface area (Å²) in [6.07, 6.45) is 2.85. The number of nitrogens with zero attached hydrogens (tertiary/aromatic N) is 2. The van der Waals surface area contributed by atoms with Crippen LogP contribution in [0.3, 0.4) is 0 Å². The van der Waals surface area contributed by atoms with Gasteiger partial charge in [-0.2, -0.15) is 0 Å². The number of thiazole rings is 1. The van der Waals surface area contributed by atoms with Crippen molar-refractivity contribution in [2.24, 2.45) is 0 Å². The molecule has 1 aliphatic rings. The molecule has 0 bridgehead atoms. The van der Waals surface area contributed by atoms with Crippen LogP contribution >= 0.6 is 11.3 Å². The van der Waals surface area contributed by atoms with E-state index in [-0.39, 0.29) is 11.5 Å². The van der Waals surface area contributed by atoms with E-state index in [1.807, 2.05) is 17.9 Å². The molecule has 1 fully saturated rings. The summed E-state index contributed by atoms with van der Waals surface area (Å²) in [5.74, 6) is -0.527. The van der Waals surface area contributed by atoms with Gasteiger partial charge in [-0.1, -0.05) is 18.2 Å². The summed E-state index contributed by atoms with van der Waals surface area (Å²) in [4.78, 5) is 30.3. The quantitative estimate of drug-likeness (QED) is 0.888. The molecule has 1 saturated heterocycles. The second kappa shape index (κ2) is 7.78. The van der Waals surface area contributed by atoms with Gasteiger partial charge in [0, 0.05) is 36.5 Å². The largest absolute Gasteiger partial charge is 0.478 e. The summed E-state index contributed by atoms with van der Waals surface area (Å²) in [5, 5.41) is 12.4. The standard InChI is InChI=1S/C19H22N2O3S/c1-13-12-25-18(20-13)15-6-4-10-21(11-15)17(22)9-8-14-5-2-3-7-16(14)19(23)24/h2-3,5,7,12,15H,4,6,8-11H2,1H3,(H,23,24). The first-order valence-corrected chi connectivity index (χ1v) is 9.43. The van der Waals surface area contributed by atoms with Gasteiger partial charge in [-0.15, -0.1) is 11.3 Å². The summed E-state index contributed by atoms with van der Waals surface area (Å²) in [7, 11) is 0. The number of rotatable bonds is 5. The number of carbonyl (C=O) groups is 2. The molecule has 1 N–H and O–H groups in total. The molecular weight excluding hydrogens is 336 g/mol. The van der Waals surface area contributed by atoms with Gasteiger partial charge in [0.2, 0.25) is 5.91 Å². The van der Waals surface area contributed by atoms with Crippen LogP contribution in [0.4, 0.5) is 0 Å². The van der Waals surface area contributed by atoms with Crippen LogP contribution in [0.15, 0.2) is 29.6 Å². The molecule has 2 heterocycles. The molecule has 6 heteroatoms. The maximum absolute atomic E-state index is 12.6. The number of aromatic carboxylic acids is 1. The topological polar surface area (TPSA) is 70.5 Å². The Kier molecular flexibility index (Phi) is 5.48. The number of benzene rings is 1. The van der Waals surface area contributed by atoms with E-state index in [0.717, 1.165) is 30.1 Å². The van der Waals surface area contributed by atoms with Gasteiger partial charge in [-0.3, -0.25) is 4.79 Å². The van der Waals surface area contributed by atoms with Gasteiger partial charge >= 0.3 is 5.97 Å². The number of aromatic nitrogens is 1. The van der Waals surface area contributed by atoms with Crippen LogP contribution in [0.25, 0.3) is 0 Å². The number of hydrogen-bond donors (Lipinski definition) is 1. The van der Waals surface area contributed by atoms with Gasteiger partial charge in [-0.25, -0.2) is 9.78 Å². The highest BCUT2D eigenvalue weighted by molar-refractivity contribution is 7.09. The van der Waals surface area contributed by atoms with Gasteiger partial charge in [0.05, 0.1) is 10.6 Å². The van der Waals surface area contributed by atoms with Crippen LogP contribution in [0.5, 0.6) is 0 Å². The number of aryl methyl sites for hydroxylation is 2. The zero-order chi connectivity index (χ0) is 17.8. The zero-order valence-electron chi connectivity index (χ0n) is 14.3. The Bertz CT molecular complexity index is 772. The number of hydrogen-bond acceptors (Lipinski definition) is 4. The molecule has 1 atom stereocenters. The molecule has 3 rings (SSSR count). The molecule has 0 radical (unpaired) electrons. The fourth-order valence-corrected chi connectivity index (χ4v) is 4.24. The monoisotopic (exact) mass is 358 g/mol. The predicted octanol–water partition coefficient (Wildman–Crippen LogP) is 3.49. The van der Waals surface area contributed by atoms with E-state index in [9.17, 15) is 14.7 Å². The first kappa shape index (κ1) is 17.6. The third-order valence-corrected chi connectivity index (χ3v) is 5.74. The van der Waals surface area contributed by atoms with E-state index < -0.39 is 5.97 Å². The lowest BCUT2D eigenvalue weighted by atomic mass is 9.97. The minimum atomic E-state index is -0.944. The number of carboxylic acid groups (broad SMARTS) is 1. The SMILES string of the molecule is Cc1csc(C2CCCN(C(=O)CCc3ccccc3C(=O)O)C2)n1. The maximum atomic E-state index is 12.6. The van der Waals surface area contributed by atoms with Crippen molar-refractivity contribution < 1.29 is 14.7 Å². The Hall–Kier alpha value is -2.21. The molecule has 132 valence electrons. The summed E-state index contributed by atoms with van der Waals surface area (Å²) < 4.78 is 0. The zero-order valence-corrected chi connectivity index (χ0v) is 15.1. The molecule has 2 aromatic rings. The van der Waals surface area contributed by atoms with Crippen molar-refractivity contribution in [1.82, 2.24) is 9.88 Å². The van der Waals surface area contributed by atoms with E-state index >= 15 is 0 Å². The lowest BCUT2D eigenvalue weighted by Gasteiger charge is -2.32. The minimum absolute atomic E-state index is 0.0955. The molecule has 25 heavy (non-hydrogen) atoms. The Balaban J connectivity index is 1.61. The molecule has 1 amide bonds. The molecular formula is C19H22N2O3S. The van der Waals surface area contributed by atoms with Crippen LogP contribution in [-0.4, -0.2) is 40.0 Å². The van der Waals surface area contributed by atoms with E-state index in [1.165, 1.54) is 0 Å². The van der Waals surface area contributed by atoms with Crippen LogP contribution in [-0.2, 0) is 11.2 Å². The molecule has 1 aromatic carbocycles. The Morgan fingerprint density at radius 1 is 1.36 bits per heavy atom. The number of amides is 1. The van der Waals surface area contributed by atoms with Crippen molar-refractivity contribution >= 4 is 23.2 Å². The highest BCUT2D eigenvalue weighted by atomic mass is 32.1. The van der Waals surface area contributed by atoms with Crippen LogP contribution in [0.2, 0.25) is 0 Å². The van der Waals surface area contributed by atoms with Crippen molar-refractivity contribution in [3.8, 4) is 0 Å². The molecule has 0 saturated carbocycles. The Morgan fingerprint density at radius 3 is 2.88 bits per heavy atom. The lowest BCUT2D eigenvalue weighted by Crippen LogP contribution is -2.39. The fraction of sp³-hybridized carbons (Fsp3) is 0.421. The lowest BCUT2D eigenvalue weighted by molar-refractivity contribution is -0.132. The van der Waals surface area contributed by atoms with Gasteiger partial charge < -0.3 is 10.0 Å². The third kappa shape index (κ3) is 4.25. The number of likely N-dealkylation sites (tertiary alicyclic amines) is 1. The average Bonchev–Trinajstić information content (AvgIpc) is 3.06. The van der Waals surface area contributed by atoms with Gasteiger partial charge in [0.15, 0.2) is 0 Å². The van der Waals surface area contributed by atoms with Gasteiger partial charge in [0.25, 0.3) is 0 Å². The first-order chi connectivity index (χ1) is 12.0. The summed E-state index contributed by atoms with van der Waals surface area (Å²) >= 11 is 1.67. The van der Waals surface area contributed by atoms with E-state index in [0.29, 0.717) is 30.9 Å². The highest BCUT2D eigenvalue weighted by Gasteiger charge is 2.26. The number of carbonyl (C=O) groups excluding carboxylic acids is 1. The maximum Gasteiger partial charge on any atom is 0.335 e. The Morgan fingerprint density at radius 2 is 2.16 bits per heavy atom. The van der Waals surface area contributed by atoms with Crippen LogP contribution in [0, 0.1) is 6.92 Å². The van der Waals surface area contributed by atoms with Gasteiger partial charge in [0.1, 0.15) is 0 Å². The molecule has 1 unspecified atom stereocenters. The molecule has 0 aliphatic carbocycles. The highest BCUT2D eigenvalue weighted by Crippen LogP contribution is 2.29. The molecule has 1 aromatic heterocycles. The average molecular weight is 358 g/mol. The Labute approximate surface area is 151 Å². The summed E-state index contributed by atoms with van der Waals surface area (Å²) in [6.45, 7) is 3.48. The molecule has 1 aliphatic heterocycles. The van der Waals surface area contributed by atoms with E-state index in [4.69, 9.17) is 0 Å². The fourth-order valence-electron chi connectivity index (χ4n) is 3.31. The second-order valence-electron chi connectivity index (χ2n) is 6.47. The van der Waals surface area contributed by atoms with Crippen LogP contribution < -0.4 is 0 Å². The minimum Gasteiger partial charge on any atom is -0.478 e. The third-order valence-electron chi connectivity index (χ3n) is 4.62. The van der Waals surface area contributed by atoms with Crippen LogP contribution in [0.1, 0.15) is 51.8 Å². The van der Waals surface area contributed by atoms with Crippen molar-refractivity contribution in [1.29, 1.82) is 0 Å². The summed E-state index contributed by atoms with van der Waals surface area (Å²) in [5.41, 5.74) is 2.03. The molecule has 5 nitrogen and oxygen atoms in total. The predicted molar refractivity (Wildman–Crippen MR) is 97.1 cm³/mol. The van der Waals surface area contributed by atoms with E-state index in [1.54, 1.807) is 29.5 Å². The summed E-state index contributed by atoms with van der Waals surface area (Å²) in [6, 6.07) is 6.89. The number of carboxylic acids is 1. The smallest absolute Gasteiger partial charge is 0.335 e. The second-order valence-corrected chi connectivity index (χ2v) is 7.36. The van der Waals surface area contributed by atoms with Crippen molar-refractivity contribution in [3.63, 3.8) is 0 Å². The van der Waals surface area contributed by atoms with Gasteiger partial charge in [-0.05, 0) is 37.8 Å².